The number of aromatic nitrogens is 1. The highest BCUT2D eigenvalue weighted by molar-refractivity contribution is 7.07. The fourth-order valence-electron chi connectivity index (χ4n) is 1.80. The average molecular weight is 307 g/mol. The molecule has 0 spiro atoms. The van der Waals surface area contributed by atoms with Crippen molar-refractivity contribution in [2.24, 2.45) is 0 Å². The monoisotopic (exact) mass is 307 g/mol. The molecule has 1 heterocycles. The summed E-state index contributed by atoms with van der Waals surface area (Å²) in [6.07, 6.45) is 0. The van der Waals surface area contributed by atoms with E-state index in [4.69, 9.17) is 5.11 Å². The van der Waals surface area contributed by atoms with E-state index < -0.39 is 12.0 Å². The normalized spacial score (nSPS) is 10.1. The first-order valence-corrected chi connectivity index (χ1v) is 6.90. The average Bonchev–Trinajstić information content (AvgIpc) is 2.82. The number of aryl methyl sites for hydroxylation is 1. The number of carboxylic acid groups (broad SMARTS) is 1. The molecule has 2 amide bonds. The molecule has 7 nitrogen and oxygen atoms in total. The number of carbonyl (C=O) groups excluding carboxylic acids is 1. The molecule has 0 saturated carbocycles. The van der Waals surface area contributed by atoms with Crippen LogP contribution in [-0.2, 0) is 6.54 Å². The third kappa shape index (κ3) is 3.69. The highest BCUT2D eigenvalue weighted by Crippen LogP contribution is 2.19. The maximum absolute atomic E-state index is 11.8. The van der Waals surface area contributed by atoms with Gasteiger partial charge in [-0.2, -0.15) is 0 Å². The van der Waals surface area contributed by atoms with Gasteiger partial charge in [0.25, 0.3) is 0 Å². The lowest BCUT2D eigenvalue weighted by Gasteiger charge is -2.11. The zero-order valence-electron chi connectivity index (χ0n) is 11.1. The summed E-state index contributed by atoms with van der Waals surface area (Å²) in [7, 11) is 0. The molecule has 1 aromatic carbocycles. The summed E-state index contributed by atoms with van der Waals surface area (Å²) in [5.74, 6) is -1.11. The number of urea groups is 1. The van der Waals surface area contributed by atoms with Crippen LogP contribution in [0.25, 0.3) is 0 Å². The molecule has 8 heteroatoms. The number of rotatable bonds is 4. The molecular formula is C13H13N3O4S. The Labute approximate surface area is 123 Å². The Hall–Kier alpha value is -2.61. The third-order valence-corrected chi connectivity index (χ3v) is 3.46. The molecule has 0 atom stereocenters. The first kappa shape index (κ1) is 14.8. The van der Waals surface area contributed by atoms with E-state index in [-0.39, 0.29) is 22.7 Å². The van der Waals surface area contributed by atoms with Gasteiger partial charge in [-0.15, -0.1) is 0 Å². The summed E-state index contributed by atoms with van der Waals surface area (Å²) < 4.78 is 0. The molecule has 1 aromatic heterocycles. The first-order valence-electron chi connectivity index (χ1n) is 6.02. The minimum absolute atomic E-state index is 0.0524. The predicted molar refractivity (Wildman–Crippen MR) is 78.9 cm³/mol. The number of nitrogens with one attached hydrogen (secondary N) is 3. The molecule has 110 valence electrons. The second-order valence-electron chi connectivity index (χ2n) is 4.28. The number of carboxylic acids is 1. The minimum Gasteiger partial charge on any atom is -0.478 e. The van der Waals surface area contributed by atoms with E-state index in [9.17, 15) is 14.4 Å². The van der Waals surface area contributed by atoms with Crippen LogP contribution in [0.15, 0.2) is 28.4 Å². The first-order chi connectivity index (χ1) is 9.97. The Morgan fingerprint density at radius 3 is 2.76 bits per heavy atom. The smallest absolute Gasteiger partial charge is 0.338 e. The van der Waals surface area contributed by atoms with Gasteiger partial charge in [0, 0.05) is 11.1 Å². The van der Waals surface area contributed by atoms with E-state index in [0.29, 0.717) is 11.3 Å². The van der Waals surface area contributed by atoms with Crippen LogP contribution < -0.4 is 15.5 Å². The van der Waals surface area contributed by atoms with E-state index in [1.54, 1.807) is 24.4 Å². The lowest BCUT2D eigenvalue weighted by atomic mass is 10.1. The highest BCUT2D eigenvalue weighted by atomic mass is 32.1. The Balaban J connectivity index is 2.04. The Morgan fingerprint density at radius 2 is 2.14 bits per heavy atom. The van der Waals surface area contributed by atoms with Crippen molar-refractivity contribution in [3.05, 3.63) is 50.1 Å². The van der Waals surface area contributed by atoms with Gasteiger partial charge in [-0.1, -0.05) is 23.5 Å². The molecule has 0 aliphatic heterocycles. The molecule has 2 aromatic rings. The number of amides is 2. The fourth-order valence-corrected chi connectivity index (χ4v) is 2.38. The van der Waals surface area contributed by atoms with Gasteiger partial charge in [-0.3, -0.25) is 4.79 Å². The van der Waals surface area contributed by atoms with E-state index >= 15 is 0 Å². The van der Waals surface area contributed by atoms with Gasteiger partial charge >= 0.3 is 16.9 Å². The summed E-state index contributed by atoms with van der Waals surface area (Å²) >= 11 is 1.01. The standard InChI is InChI=1S/C13H13N3O4S/c1-7-3-2-4-9(10(7)11(17)18)16-12(19)14-5-8-6-21-13(20)15-8/h2-4,6H,5H2,1H3,(H,15,20)(H,17,18)(H2,14,16,19). The molecule has 0 aliphatic rings. The molecule has 0 radical (unpaired) electrons. The van der Waals surface area contributed by atoms with E-state index in [0.717, 1.165) is 11.3 Å². The van der Waals surface area contributed by atoms with Gasteiger partial charge in [0.15, 0.2) is 0 Å². The number of hydrogen-bond donors (Lipinski definition) is 4. The molecule has 0 bridgehead atoms. The Bertz CT molecular complexity index is 735. The maximum Gasteiger partial charge on any atom is 0.338 e. The SMILES string of the molecule is Cc1cccc(NC(=O)NCc2csc(=O)[nH]2)c1C(=O)O. The molecule has 21 heavy (non-hydrogen) atoms. The van der Waals surface area contributed by atoms with Gasteiger partial charge < -0.3 is 20.7 Å². The van der Waals surface area contributed by atoms with Crippen molar-refractivity contribution in [2.75, 3.05) is 5.32 Å². The van der Waals surface area contributed by atoms with E-state index in [1.807, 2.05) is 0 Å². The van der Waals surface area contributed by atoms with Crippen molar-refractivity contribution in [3.63, 3.8) is 0 Å². The van der Waals surface area contributed by atoms with Gasteiger partial charge in [0.05, 0.1) is 17.8 Å². The summed E-state index contributed by atoms with van der Waals surface area (Å²) in [6, 6.07) is 4.29. The molecule has 0 fully saturated rings. The number of aromatic carboxylic acids is 1. The summed E-state index contributed by atoms with van der Waals surface area (Å²) in [4.78, 5) is 36.3. The van der Waals surface area contributed by atoms with Gasteiger partial charge in [-0.05, 0) is 18.6 Å². The Kier molecular flexibility index (Phi) is 4.39. The van der Waals surface area contributed by atoms with Crippen LogP contribution in [0.4, 0.5) is 10.5 Å². The topological polar surface area (TPSA) is 111 Å². The van der Waals surface area contributed by atoms with E-state index in [1.165, 1.54) is 6.07 Å². The number of benzene rings is 1. The lowest BCUT2D eigenvalue weighted by molar-refractivity contribution is 0.0697. The largest absolute Gasteiger partial charge is 0.478 e. The summed E-state index contributed by atoms with van der Waals surface area (Å²) in [5, 5.41) is 15.8. The van der Waals surface area contributed by atoms with Crippen LogP contribution in [0.2, 0.25) is 0 Å². The van der Waals surface area contributed by atoms with Crippen LogP contribution in [0, 0.1) is 6.92 Å². The summed E-state index contributed by atoms with van der Waals surface area (Å²) in [6.45, 7) is 1.81. The molecule has 0 saturated heterocycles. The number of H-pyrrole nitrogens is 1. The fraction of sp³-hybridized carbons (Fsp3) is 0.154. The van der Waals surface area contributed by atoms with Gasteiger partial charge in [0.1, 0.15) is 0 Å². The molecule has 0 unspecified atom stereocenters. The molecule has 0 aliphatic carbocycles. The lowest BCUT2D eigenvalue weighted by Crippen LogP contribution is -2.29. The van der Waals surface area contributed by atoms with Gasteiger partial charge in [0.2, 0.25) is 0 Å². The van der Waals surface area contributed by atoms with Crippen molar-refractivity contribution < 1.29 is 14.7 Å². The second-order valence-corrected chi connectivity index (χ2v) is 5.13. The number of anilines is 1. The second kappa shape index (κ2) is 6.23. The van der Waals surface area contributed by atoms with Crippen molar-refractivity contribution in [1.82, 2.24) is 10.3 Å². The molecular weight excluding hydrogens is 294 g/mol. The quantitative estimate of drug-likeness (QED) is 0.689. The number of carbonyl (C=O) groups is 2. The zero-order valence-corrected chi connectivity index (χ0v) is 11.9. The molecule has 4 N–H and O–H groups in total. The number of aromatic amines is 1. The number of hydrogen-bond acceptors (Lipinski definition) is 4. The summed E-state index contributed by atoms with van der Waals surface area (Å²) in [5.41, 5.74) is 1.42. The van der Waals surface area contributed by atoms with Crippen LogP contribution in [0.3, 0.4) is 0 Å². The third-order valence-electron chi connectivity index (χ3n) is 2.75. The predicted octanol–water partition coefficient (Wildman–Crippen LogP) is 1.76. The minimum atomic E-state index is -1.11. The van der Waals surface area contributed by atoms with Crippen LogP contribution in [0.1, 0.15) is 21.6 Å². The van der Waals surface area contributed by atoms with Crippen molar-refractivity contribution in [1.29, 1.82) is 0 Å². The highest BCUT2D eigenvalue weighted by Gasteiger charge is 2.14. The van der Waals surface area contributed by atoms with Crippen molar-refractivity contribution >= 4 is 29.0 Å². The van der Waals surface area contributed by atoms with Crippen LogP contribution >= 0.6 is 11.3 Å². The van der Waals surface area contributed by atoms with Crippen LogP contribution in [-0.4, -0.2) is 22.1 Å². The number of thiazole rings is 1. The zero-order chi connectivity index (χ0) is 15.4. The molecule has 2 rings (SSSR count). The van der Waals surface area contributed by atoms with Crippen molar-refractivity contribution in [2.45, 2.75) is 13.5 Å². The Morgan fingerprint density at radius 1 is 1.38 bits per heavy atom. The van der Waals surface area contributed by atoms with Gasteiger partial charge in [-0.25, -0.2) is 9.59 Å². The van der Waals surface area contributed by atoms with Crippen molar-refractivity contribution in [3.8, 4) is 0 Å². The van der Waals surface area contributed by atoms with E-state index in [2.05, 4.69) is 15.6 Å². The maximum atomic E-state index is 11.8. The van der Waals surface area contributed by atoms with Crippen LogP contribution in [0.5, 0.6) is 0 Å².